The Morgan fingerprint density at radius 1 is 1.73 bits per heavy atom. The lowest BCUT2D eigenvalue weighted by molar-refractivity contribution is 0.0920. The number of aliphatic hydroxyl groups excluding tert-OH is 1. The summed E-state index contributed by atoms with van der Waals surface area (Å²) in [4.78, 5) is 14.4. The lowest BCUT2D eigenvalue weighted by Crippen LogP contribution is -2.30. The number of hydrogen-bond acceptors (Lipinski definition) is 3. The summed E-state index contributed by atoms with van der Waals surface area (Å²) in [5.74, 6) is -0.248. The molecule has 0 radical (unpaired) electrons. The van der Waals surface area contributed by atoms with Crippen LogP contribution < -0.4 is 5.32 Å². The molecule has 0 aliphatic carbocycles. The zero-order chi connectivity index (χ0) is 10.8. The van der Waals surface area contributed by atoms with Gasteiger partial charge in [-0.05, 0) is 6.92 Å². The molecule has 1 atom stereocenters. The summed E-state index contributed by atoms with van der Waals surface area (Å²) in [6.45, 7) is 1.85. The summed E-state index contributed by atoms with van der Waals surface area (Å²) < 4.78 is 5.11. The standard InChI is InChI=1S/C10H12N2O3/c1-6(13)5-11-10(14)8-4-9-7(12-8)2-3-15-9/h2-4,6,12-13H,5H2,1H3,(H,11,14). The number of nitrogens with one attached hydrogen (secondary N) is 2. The summed E-state index contributed by atoms with van der Waals surface area (Å²) in [6, 6.07) is 3.38. The number of amides is 1. The predicted octanol–water partition coefficient (Wildman–Crippen LogP) is 0.872. The Morgan fingerprint density at radius 3 is 3.20 bits per heavy atom. The van der Waals surface area contributed by atoms with Crippen molar-refractivity contribution in [1.82, 2.24) is 10.3 Å². The molecule has 0 spiro atoms. The van der Waals surface area contributed by atoms with Crippen LogP contribution in [-0.4, -0.2) is 28.6 Å². The number of hydrogen-bond donors (Lipinski definition) is 3. The van der Waals surface area contributed by atoms with E-state index in [4.69, 9.17) is 9.52 Å². The minimum Gasteiger partial charge on any atom is -0.463 e. The SMILES string of the molecule is CC(O)CNC(=O)c1cc2occc2[nH]1. The number of fused-ring (bicyclic) bond motifs is 1. The lowest BCUT2D eigenvalue weighted by Gasteiger charge is -2.04. The fraction of sp³-hybridized carbons (Fsp3) is 0.300. The largest absolute Gasteiger partial charge is 0.463 e. The van der Waals surface area contributed by atoms with E-state index in [9.17, 15) is 4.79 Å². The van der Waals surface area contributed by atoms with Gasteiger partial charge in [0.2, 0.25) is 0 Å². The first-order chi connectivity index (χ1) is 7.16. The van der Waals surface area contributed by atoms with Crippen LogP contribution in [0.3, 0.4) is 0 Å². The molecule has 1 amide bonds. The molecular formula is C10H12N2O3. The number of furan rings is 1. The van der Waals surface area contributed by atoms with Gasteiger partial charge in [0.25, 0.3) is 5.91 Å². The van der Waals surface area contributed by atoms with Gasteiger partial charge in [-0.3, -0.25) is 4.79 Å². The van der Waals surface area contributed by atoms with Gasteiger partial charge in [0.15, 0.2) is 5.58 Å². The van der Waals surface area contributed by atoms with E-state index >= 15 is 0 Å². The van der Waals surface area contributed by atoms with E-state index in [0.717, 1.165) is 5.52 Å². The van der Waals surface area contributed by atoms with Gasteiger partial charge in [0, 0.05) is 18.7 Å². The van der Waals surface area contributed by atoms with Crippen LogP contribution in [0.1, 0.15) is 17.4 Å². The first kappa shape index (κ1) is 9.79. The summed E-state index contributed by atoms with van der Waals surface area (Å²) in [5.41, 5.74) is 1.87. The van der Waals surface area contributed by atoms with Crippen molar-refractivity contribution in [1.29, 1.82) is 0 Å². The number of aliphatic hydroxyl groups is 1. The molecule has 3 N–H and O–H groups in total. The van der Waals surface area contributed by atoms with E-state index in [-0.39, 0.29) is 12.5 Å². The molecule has 5 heteroatoms. The van der Waals surface area contributed by atoms with E-state index in [0.29, 0.717) is 11.3 Å². The second-order valence-corrected chi connectivity index (χ2v) is 3.44. The number of aromatic amines is 1. The molecule has 2 aromatic heterocycles. The molecule has 0 saturated heterocycles. The van der Waals surface area contributed by atoms with Gasteiger partial charge in [-0.25, -0.2) is 0 Å². The van der Waals surface area contributed by atoms with E-state index in [2.05, 4.69) is 10.3 Å². The van der Waals surface area contributed by atoms with Crippen molar-refractivity contribution in [3.63, 3.8) is 0 Å². The Balaban J connectivity index is 2.10. The highest BCUT2D eigenvalue weighted by molar-refractivity contribution is 5.96. The molecule has 0 aromatic carbocycles. The van der Waals surface area contributed by atoms with Crippen LogP contribution in [0.5, 0.6) is 0 Å². The van der Waals surface area contributed by atoms with E-state index in [1.54, 1.807) is 25.3 Å². The fourth-order valence-corrected chi connectivity index (χ4v) is 1.31. The van der Waals surface area contributed by atoms with Gasteiger partial charge in [-0.2, -0.15) is 0 Å². The van der Waals surface area contributed by atoms with Crippen molar-refractivity contribution in [2.75, 3.05) is 6.54 Å². The molecular weight excluding hydrogens is 196 g/mol. The van der Waals surface area contributed by atoms with Crippen LogP contribution >= 0.6 is 0 Å². The van der Waals surface area contributed by atoms with Crippen molar-refractivity contribution < 1.29 is 14.3 Å². The predicted molar refractivity (Wildman–Crippen MR) is 54.6 cm³/mol. The van der Waals surface area contributed by atoms with Crippen molar-refractivity contribution >= 4 is 17.0 Å². The molecule has 0 saturated carbocycles. The maximum atomic E-state index is 11.5. The smallest absolute Gasteiger partial charge is 0.267 e. The third-order valence-electron chi connectivity index (χ3n) is 2.04. The van der Waals surface area contributed by atoms with Crippen molar-refractivity contribution in [2.45, 2.75) is 13.0 Å². The second-order valence-electron chi connectivity index (χ2n) is 3.44. The first-order valence-electron chi connectivity index (χ1n) is 4.69. The lowest BCUT2D eigenvalue weighted by atomic mass is 10.3. The first-order valence-corrected chi connectivity index (χ1v) is 4.69. The summed E-state index contributed by atoms with van der Waals surface area (Å²) >= 11 is 0. The zero-order valence-electron chi connectivity index (χ0n) is 8.28. The minimum atomic E-state index is -0.549. The number of aromatic nitrogens is 1. The van der Waals surface area contributed by atoms with Gasteiger partial charge in [0.05, 0.1) is 17.9 Å². The maximum Gasteiger partial charge on any atom is 0.267 e. The molecule has 0 bridgehead atoms. The molecule has 1 unspecified atom stereocenters. The van der Waals surface area contributed by atoms with Crippen molar-refractivity contribution in [3.05, 3.63) is 24.1 Å². The van der Waals surface area contributed by atoms with Gasteiger partial charge < -0.3 is 19.8 Å². The Bertz CT molecular complexity index is 441. The molecule has 15 heavy (non-hydrogen) atoms. The van der Waals surface area contributed by atoms with Gasteiger partial charge in [0.1, 0.15) is 5.69 Å². The van der Waals surface area contributed by atoms with Crippen LogP contribution in [0, 0.1) is 0 Å². The van der Waals surface area contributed by atoms with Crippen LogP contribution in [0.2, 0.25) is 0 Å². The molecule has 80 valence electrons. The summed E-state index contributed by atoms with van der Waals surface area (Å²) in [7, 11) is 0. The van der Waals surface area contributed by atoms with Gasteiger partial charge in [-0.15, -0.1) is 0 Å². The highest BCUT2D eigenvalue weighted by atomic mass is 16.3. The Kier molecular flexibility index (Phi) is 2.47. The normalized spacial score (nSPS) is 12.9. The van der Waals surface area contributed by atoms with Gasteiger partial charge in [-0.1, -0.05) is 0 Å². The number of rotatable bonds is 3. The average Bonchev–Trinajstić information content (AvgIpc) is 2.72. The van der Waals surface area contributed by atoms with Crippen molar-refractivity contribution in [3.8, 4) is 0 Å². The number of H-pyrrole nitrogens is 1. The molecule has 0 fully saturated rings. The summed E-state index contributed by atoms with van der Waals surface area (Å²) in [5, 5.41) is 11.6. The zero-order valence-corrected chi connectivity index (χ0v) is 8.28. The Hall–Kier alpha value is -1.75. The van der Waals surface area contributed by atoms with Crippen molar-refractivity contribution in [2.24, 2.45) is 0 Å². The molecule has 0 aliphatic rings. The monoisotopic (exact) mass is 208 g/mol. The highest BCUT2D eigenvalue weighted by Crippen LogP contribution is 2.15. The fourth-order valence-electron chi connectivity index (χ4n) is 1.31. The van der Waals surface area contributed by atoms with E-state index in [1.807, 2.05) is 0 Å². The number of carbonyl (C=O) groups excluding carboxylic acids is 1. The molecule has 5 nitrogen and oxygen atoms in total. The Labute approximate surface area is 86.1 Å². The Morgan fingerprint density at radius 2 is 2.53 bits per heavy atom. The third kappa shape index (κ3) is 2.02. The van der Waals surface area contributed by atoms with Crippen LogP contribution in [-0.2, 0) is 0 Å². The van der Waals surface area contributed by atoms with Gasteiger partial charge >= 0.3 is 0 Å². The summed E-state index contributed by atoms with van der Waals surface area (Å²) in [6.07, 6.45) is 1.01. The van der Waals surface area contributed by atoms with Crippen LogP contribution in [0.4, 0.5) is 0 Å². The van der Waals surface area contributed by atoms with Crippen LogP contribution in [0.25, 0.3) is 11.1 Å². The minimum absolute atomic E-state index is 0.235. The second kappa shape index (κ2) is 3.78. The third-order valence-corrected chi connectivity index (χ3v) is 2.04. The van der Waals surface area contributed by atoms with E-state index in [1.165, 1.54) is 0 Å². The molecule has 0 aliphatic heterocycles. The maximum absolute atomic E-state index is 11.5. The van der Waals surface area contributed by atoms with Crippen LogP contribution in [0.15, 0.2) is 22.8 Å². The van der Waals surface area contributed by atoms with E-state index < -0.39 is 6.10 Å². The molecule has 2 rings (SSSR count). The quantitative estimate of drug-likeness (QED) is 0.700. The highest BCUT2D eigenvalue weighted by Gasteiger charge is 2.10. The topological polar surface area (TPSA) is 78.3 Å². The number of carbonyl (C=O) groups is 1. The molecule has 2 aromatic rings. The average molecular weight is 208 g/mol. The molecule has 2 heterocycles.